The Labute approximate surface area is 119 Å². The van der Waals surface area contributed by atoms with Crippen LogP contribution in [0.5, 0.6) is 5.75 Å². The molecule has 3 rings (SSSR count). The van der Waals surface area contributed by atoms with Crippen molar-refractivity contribution in [2.24, 2.45) is 0 Å². The van der Waals surface area contributed by atoms with E-state index in [0.29, 0.717) is 5.92 Å². The molecule has 2 aromatic rings. The molecule has 0 aliphatic carbocycles. The Bertz CT molecular complexity index is 558. The molecule has 20 heavy (non-hydrogen) atoms. The highest BCUT2D eigenvalue weighted by Gasteiger charge is 2.18. The van der Waals surface area contributed by atoms with Gasteiger partial charge >= 0.3 is 0 Å². The first-order chi connectivity index (χ1) is 9.86. The largest absolute Gasteiger partial charge is 0.497 e. The fourth-order valence-corrected chi connectivity index (χ4v) is 2.89. The van der Waals surface area contributed by atoms with Crippen molar-refractivity contribution in [3.8, 4) is 5.75 Å². The smallest absolute Gasteiger partial charge is 0.119 e. The van der Waals surface area contributed by atoms with Gasteiger partial charge in [-0.3, -0.25) is 0 Å². The average Bonchev–Trinajstić information content (AvgIpc) is 2.96. The Morgan fingerprint density at radius 2 is 2.20 bits per heavy atom. The summed E-state index contributed by atoms with van der Waals surface area (Å²) in [4.78, 5) is 4.35. The molecule has 0 unspecified atom stereocenters. The Morgan fingerprint density at radius 1 is 1.35 bits per heavy atom. The quantitative estimate of drug-likeness (QED) is 0.928. The van der Waals surface area contributed by atoms with Gasteiger partial charge in [-0.2, -0.15) is 0 Å². The number of nitrogens with one attached hydrogen (secondary N) is 1. The molecular formula is C16H21N3O. The summed E-state index contributed by atoms with van der Waals surface area (Å²) >= 11 is 0. The summed E-state index contributed by atoms with van der Waals surface area (Å²) in [5.74, 6) is 1.54. The van der Waals surface area contributed by atoms with Crippen LogP contribution in [0.3, 0.4) is 0 Å². The molecule has 1 aromatic heterocycles. The van der Waals surface area contributed by atoms with Gasteiger partial charge in [0, 0.05) is 24.4 Å². The fourth-order valence-electron chi connectivity index (χ4n) is 2.89. The van der Waals surface area contributed by atoms with E-state index in [1.54, 1.807) is 7.11 Å². The third kappa shape index (κ3) is 2.85. The summed E-state index contributed by atoms with van der Waals surface area (Å²) in [7, 11) is 1.71. The van der Waals surface area contributed by atoms with Gasteiger partial charge in [-0.15, -0.1) is 0 Å². The predicted octanol–water partition coefficient (Wildman–Crippen LogP) is 2.41. The minimum absolute atomic E-state index is 0.629. The third-order valence-corrected chi connectivity index (χ3v) is 3.99. The second kappa shape index (κ2) is 6.09. The van der Waals surface area contributed by atoms with Crippen molar-refractivity contribution in [3.63, 3.8) is 0 Å². The summed E-state index contributed by atoms with van der Waals surface area (Å²) in [6, 6.07) is 8.24. The number of hydrogen-bond donors (Lipinski definition) is 1. The summed E-state index contributed by atoms with van der Waals surface area (Å²) < 4.78 is 7.56. The molecule has 0 saturated carbocycles. The molecule has 1 aromatic carbocycles. The number of piperidine rings is 1. The number of imidazole rings is 1. The van der Waals surface area contributed by atoms with Crippen molar-refractivity contribution >= 4 is 0 Å². The van der Waals surface area contributed by atoms with Crippen LogP contribution < -0.4 is 10.1 Å². The lowest BCUT2D eigenvalue weighted by atomic mass is 9.95. The maximum atomic E-state index is 5.29. The summed E-state index contributed by atoms with van der Waals surface area (Å²) in [6.07, 6.45) is 6.36. The van der Waals surface area contributed by atoms with Crippen LogP contribution in [0.15, 0.2) is 36.8 Å². The summed E-state index contributed by atoms with van der Waals surface area (Å²) in [5.41, 5.74) is 2.60. The van der Waals surface area contributed by atoms with Gasteiger partial charge in [0.2, 0.25) is 0 Å². The summed E-state index contributed by atoms with van der Waals surface area (Å²) in [5, 5.41) is 3.41. The van der Waals surface area contributed by atoms with Gasteiger partial charge in [0.25, 0.3) is 0 Å². The SMILES string of the molecule is COc1cccc(Cn2cncc2C2CCNCC2)c1. The molecular weight excluding hydrogens is 250 g/mol. The number of benzene rings is 1. The number of ether oxygens (including phenoxy) is 1. The Kier molecular flexibility index (Phi) is 4.02. The van der Waals surface area contributed by atoms with E-state index in [-0.39, 0.29) is 0 Å². The standard InChI is InChI=1S/C16H21N3O/c1-20-15-4-2-3-13(9-15)11-19-12-18-10-16(19)14-5-7-17-8-6-14/h2-4,9-10,12,14,17H,5-8,11H2,1H3. The van der Waals surface area contributed by atoms with Crippen molar-refractivity contribution in [1.29, 1.82) is 0 Å². The zero-order valence-electron chi connectivity index (χ0n) is 11.9. The van der Waals surface area contributed by atoms with Crippen LogP contribution in [-0.2, 0) is 6.54 Å². The first-order valence-electron chi connectivity index (χ1n) is 7.20. The van der Waals surface area contributed by atoms with E-state index in [9.17, 15) is 0 Å². The fraction of sp³-hybridized carbons (Fsp3) is 0.438. The highest BCUT2D eigenvalue weighted by atomic mass is 16.5. The van der Waals surface area contributed by atoms with E-state index in [2.05, 4.69) is 27.0 Å². The van der Waals surface area contributed by atoms with Crippen LogP contribution in [0.25, 0.3) is 0 Å². The Balaban J connectivity index is 1.78. The summed E-state index contributed by atoms with van der Waals surface area (Å²) in [6.45, 7) is 3.07. The number of hydrogen-bond acceptors (Lipinski definition) is 3. The highest BCUT2D eigenvalue weighted by molar-refractivity contribution is 5.29. The van der Waals surface area contributed by atoms with Crippen LogP contribution in [0.2, 0.25) is 0 Å². The number of methoxy groups -OCH3 is 1. The molecule has 0 radical (unpaired) electrons. The van der Waals surface area contributed by atoms with Gasteiger partial charge in [-0.25, -0.2) is 4.98 Å². The minimum Gasteiger partial charge on any atom is -0.497 e. The van der Waals surface area contributed by atoms with Crippen LogP contribution >= 0.6 is 0 Å². The zero-order chi connectivity index (χ0) is 13.8. The van der Waals surface area contributed by atoms with E-state index in [0.717, 1.165) is 25.4 Å². The van der Waals surface area contributed by atoms with Crippen LogP contribution in [0, 0.1) is 0 Å². The van der Waals surface area contributed by atoms with Gasteiger partial charge in [-0.1, -0.05) is 12.1 Å². The maximum Gasteiger partial charge on any atom is 0.119 e. The molecule has 1 aliphatic heterocycles. The molecule has 1 aliphatic rings. The van der Waals surface area contributed by atoms with Gasteiger partial charge in [0.05, 0.1) is 13.4 Å². The molecule has 2 heterocycles. The van der Waals surface area contributed by atoms with Crippen LogP contribution in [-0.4, -0.2) is 29.8 Å². The number of nitrogens with zero attached hydrogens (tertiary/aromatic N) is 2. The second-order valence-electron chi connectivity index (χ2n) is 5.32. The molecule has 0 amide bonds. The van der Waals surface area contributed by atoms with Crippen molar-refractivity contribution in [2.75, 3.05) is 20.2 Å². The van der Waals surface area contributed by atoms with E-state index in [1.165, 1.54) is 24.1 Å². The van der Waals surface area contributed by atoms with Crippen molar-refractivity contribution in [2.45, 2.75) is 25.3 Å². The van der Waals surface area contributed by atoms with E-state index >= 15 is 0 Å². The van der Waals surface area contributed by atoms with Crippen LogP contribution in [0.1, 0.15) is 30.0 Å². The van der Waals surface area contributed by atoms with E-state index in [4.69, 9.17) is 4.74 Å². The van der Waals surface area contributed by atoms with Gasteiger partial charge in [0.1, 0.15) is 5.75 Å². The molecule has 0 bridgehead atoms. The van der Waals surface area contributed by atoms with E-state index in [1.807, 2.05) is 24.7 Å². The van der Waals surface area contributed by atoms with Crippen molar-refractivity contribution < 1.29 is 4.74 Å². The van der Waals surface area contributed by atoms with Gasteiger partial charge < -0.3 is 14.6 Å². The van der Waals surface area contributed by atoms with Crippen molar-refractivity contribution in [3.05, 3.63) is 48.0 Å². The predicted molar refractivity (Wildman–Crippen MR) is 79.2 cm³/mol. The molecule has 4 heteroatoms. The maximum absolute atomic E-state index is 5.29. The van der Waals surface area contributed by atoms with E-state index < -0.39 is 0 Å². The third-order valence-electron chi connectivity index (χ3n) is 3.99. The lowest BCUT2D eigenvalue weighted by Gasteiger charge is -2.23. The average molecular weight is 271 g/mol. The Morgan fingerprint density at radius 3 is 3.00 bits per heavy atom. The zero-order valence-corrected chi connectivity index (χ0v) is 11.9. The van der Waals surface area contributed by atoms with Gasteiger partial charge in [0.15, 0.2) is 0 Å². The molecule has 1 N–H and O–H groups in total. The molecule has 106 valence electrons. The molecule has 1 fully saturated rings. The molecule has 0 atom stereocenters. The molecule has 1 saturated heterocycles. The topological polar surface area (TPSA) is 39.1 Å². The van der Waals surface area contributed by atoms with Crippen LogP contribution in [0.4, 0.5) is 0 Å². The monoisotopic (exact) mass is 271 g/mol. The van der Waals surface area contributed by atoms with Gasteiger partial charge in [-0.05, 0) is 43.6 Å². The first-order valence-corrected chi connectivity index (χ1v) is 7.20. The second-order valence-corrected chi connectivity index (χ2v) is 5.32. The Hall–Kier alpha value is -1.81. The first kappa shape index (κ1) is 13.2. The molecule has 4 nitrogen and oxygen atoms in total. The number of rotatable bonds is 4. The number of aromatic nitrogens is 2. The highest BCUT2D eigenvalue weighted by Crippen LogP contribution is 2.25. The lowest BCUT2D eigenvalue weighted by molar-refractivity contribution is 0.414. The molecule has 0 spiro atoms. The minimum atomic E-state index is 0.629. The van der Waals surface area contributed by atoms with Crippen molar-refractivity contribution in [1.82, 2.24) is 14.9 Å². The normalized spacial score (nSPS) is 16.2. The lowest BCUT2D eigenvalue weighted by Crippen LogP contribution is -2.27.